The fraction of sp³-hybridized carbons (Fsp3) is 0.417. The molecule has 0 saturated heterocycles. The molecule has 1 aromatic rings. The number of aliphatic hydroxyl groups is 1. The second-order valence-electron chi connectivity index (χ2n) is 3.23. The smallest absolute Gasteiger partial charge is 0.252 e. The molecule has 0 saturated carbocycles. The summed E-state index contributed by atoms with van der Waals surface area (Å²) in [4.78, 5) is 12.4. The molecule has 0 aromatic carbocycles. The Morgan fingerprint density at radius 1 is 1.62 bits per heavy atom. The zero-order valence-corrected chi connectivity index (χ0v) is 10.1. The van der Waals surface area contributed by atoms with Crippen molar-refractivity contribution in [3.05, 3.63) is 21.9 Å². The van der Waals surface area contributed by atoms with Gasteiger partial charge in [-0.15, -0.1) is 11.3 Å². The van der Waals surface area contributed by atoms with Gasteiger partial charge in [0, 0.05) is 18.3 Å². The first-order valence-corrected chi connectivity index (χ1v) is 6.12. The SMILES string of the molecule is CCCNC(=O)c1csc(C#CCCO)c1. The van der Waals surface area contributed by atoms with Gasteiger partial charge in [-0.2, -0.15) is 0 Å². The lowest BCUT2D eigenvalue weighted by Gasteiger charge is -1.99. The molecule has 0 bridgehead atoms. The molecule has 0 unspecified atom stereocenters. The van der Waals surface area contributed by atoms with E-state index in [0.717, 1.165) is 11.3 Å². The molecule has 1 amide bonds. The lowest BCUT2D eigenvalue weighted by Crippen LogP contribution is -2.23. The number of rotatable bonds is 4. The Morgan fingerprint density at radius 2 is 2.44 bits per heavy atom. The van der Waals surface area contributed by atoms with E-state index in [1.54, 1.807) is 11.4 Å². The molecule has 0 radical (unpaired) electrons. The van der Waals surface area contributed by atoms with Gasteiger partial charge in [0.25, 0.3) is 5.91 Å². The number of aliphatic hydroxyl groups excluding tert-OH is 1. The van der Waals surface area contributed by atoms with E-state index < -0.39 is 0 Å². The predicted molar refractivity (Wildman–Crippen MR) is 65.5 cm³/mol. The summed E-state index contributed by atoms with van der Waals surface area (Å²) in [6.07, 6.45) is 1.40. The number of nitrogens with one attached hydrogen (secondary N) is 1. The van der Waals surface area contributed by atoms with E-state index >= 15 is 0 Å². The van der Waals surface area contributed by atoms with Gasteiger partial charge in [-0.05, 0) is 12.5 Å². The van der Waals surface area contributed by atoms with Crippen molar-refractivity contribution in [1.82, 2.24) is 5.32 Å². The monoisotopic (exact) mass is 237 g/mol. The maximum absolute atomic E-state index is 11.6. The van der Waals surface area contributed by atoms with Crippen molar-refractivity contribution < 1.29 is 9.90 Å². The highest BCUT2D eigenvalue weighted by atomic mass is 32.1. The van der Waals surface area contributed by atoms with Crippen LogP contribution in [-0.2, 0) is 0 Å². The normalized spacial score (nSPS) is 9.38. The molecular weight excluding hydrogens is 222 g/mol. The second kappa shape index (κ2) is 7.04. The first kappa shape index (κ1) is 12.8. The summed E-state index contributed by atoms with van der Waals surface area (Å²) in [6, 6.07) is 1.78. The molecule has 0 aliphatic heterocycles. The van der Waals surface area contributed by atoms with Gasteiger partial charge in [0.15, 0.2) is 0 Å². The molecule has 0 atom stereocenters. The van der Waals surface area contributed by atoms with Crippen LogP contribution in [-0.4, -0.2) is 24.2 Å². The number of carbonyl (C=O) groups is 1. The molecule has 0 aliphatic carbocycles. The van der Waals surface area contributed by atoms with Gasteiger partial charge in [-0.1, -0.05) is 18.8 Å². The molecule has 1 rings (SSSR count). The summed E-state index contributed by atoms with van der Waals surface area (Å²) in [5, 5.41) is 13.2. The van der Waals surface area contributed by atoms with E-state index in [0.29, 0.717) is 18.5 Å². The summed E-state index contributed by atoms with van der Waals surface area (Å²) in [7, 11) is 0. The Bertz CT molecular complexity index is 401. The third-order valence-corrected chi connectivity index (χ3v) is 2.69. The minimum absolute atomic E-state index is 0.0479. The van der Waals surface area contributed by atoms with Crippen molar-refractivity contribution in [1.29, 1.82) is 0 Å². The highest BCUT2D eigenvalue weighted by Crippen LogP contribution is 2.13. The van der Waals surface area contributed by atoms with Gasteiger partial charge in [0.05, 0.1) is 17.0 Å². The van der Waals surface area contributed by atoms with Gasteiger partial charge >= 0.3 is 0 Å². The number of hydrogen-bond acceptors (Lipinski definition) is 3. The van der Waals surface area contributed by atoms with Gasteiger partial charge in [-0.25, -0.2) is 0 Å². The fourth-order valence-corrected chi connectivity index (χ4v) is 1.82. The van der Waals surface area contributed by atoms with E-state index in [-0.39, 0.29) is 12.5 Å². The van der Waals surface area contributed by atoms with Crippen LogP contribution in [0, 0.1) is 11.8 Å². The summed E-state index contributed by atoms with van der Waals surface area (Å²) in [6.45, 7) is 2.78. The van der Waals surface area contributed by atoms with E-state index in [2.05, 4.69) is 17.2 Å². The first-order valence-electron chi connectivity index (χ1n) is 5.24. The van der Waals surface area contributed by atoms with Crippen LogP contribution in [0.4, 0.5) is 0 Å². The molecule has 16 heavy (non-hydrogen) atoms. The van der Waals surface area contributed by atoms with Gasteiger partial charge in [-0.3, -0.25) is 4.79 Å². The maximum Gasteiger partial charge on any atom is 0.252 e. The largest absolute Gasteiger partial charge is 0.395 e. The third-order valence-electron chi connectivity index (χ3n) is 1.85. The van der Waals surface area contributed by atoms with E-state index in [4.69, 9.17) is 5.11 Å². The molecule has 0 aliphatic rings. The second-order valence-corrected chi connectivity index (χ2v) is 4.14. The lowest BCUT2D eigenvalue weighted by molar-refractivity contribution is 0.0954. The van der Waals surface area contributed by atoms with E-state index in [1.165, 1.54) is 11.3 Å². The number of carbonyl (C=O) groups excluding carboxylic acids is 1. The summed E-state index contributed by atoms with van der Waals surface area (Å²) in [5.41, 5.74) is 0.659. The Morgan fingerprint density at radius 3 is 3.12 bits per heavy atom. The van der Waals surface area contributed by atoms with Crippen LogP contribution >= 0.6 is 11.3 Å². The molecule has 0 spiro atoms. The lowest BCUT2D eigenvalue weighted by atomic mass is 10.3. The van der Waals surface area contributed by atoms with Crippen LogP contribution in [0.2, 0.25) is 0 Å². The molecule has 2 N–H and O–H groups in total. The first-order chi connectivity index (χ1) is 7.77. The Hall–Kier alpha value is -1.31. The van der Waals surface area contributed by atoms with Crippen molar-refractivity contribution in [2.45, 2.75) is 19.8 Å². The minimum Gasteiger partial charge on any atom is -0.395 e. The van der Waals surface area contributed by atoms with Crippen molar-refractivity contribution >= 4 is 17.2 Å². The summed E-state index contributed by atoms with van der Waals surface area (Å²) < 4.78 is 0. The molecule has 1 heterocycles. The predicted octanol–water partition coefficient (Wildman–Crippen LogP) is 1.62. The minimum atomic E-state index is -0.0479. The van der Waals surface area contributed by atoms with Gasteiger partial charge < -0.3 is 10.4 Å². The van der Waals surface area contributed by atoms with Crippen molar-refractivity contribution in [2.24, 2.45) is 0 Å². The van der Waals surface area contributed by atoms with Gasteiger partial charge in [0.1, 0.15) is 0 Å². The average molecular weight is 237 g/mol. The van der Waals surface area contributed by atoms with E-state index in [1.807, 2.05) is 6.92 Å². The van der Waals surface area contributed by atoms with Crippen molar-refractivity contribution in [2.75, 3.05) is 13.2 Å². The Balaban J connectivity index is 2.58. The standard InChI is InChI=1S/C12H15NO2S/c1-2-6-13-12(15)10-8-11(16-9-10)5-3-4-7-14/h8-9,14H,2,4,6-7H2,1H3,(H,13,15). The van der Waals surface area contributed by atoms with Crippen LogP contribution in [0.5, 0.6) is 0 Å². The Labute approximate surface area is 99.5 Å². The number of thiophene rings is 1. The molecule has 4 heteroatoms. The third kappa shape index (κ3) is 4.05. The summed E-state index contributed by atoms with van der Waals surface area (Å²) >= 11 is 1.45. The Kier molecular flexibility index (Phi) is 5.62. The van der Waals surface area contributed by atoms with Crippen LogP contribution < -0.4 is 5.32 Å². The molecule has 1 aromatic heterocycles. The molecule has 86 valence electrons. The van der Waals surface area contributed by atoms with Crippen LogP contribution in [0.25, 0.3) is 0 Å². The fourth-order valence-electron chi connectivity index (χ4n) is 1.07. The van der Waals surface area contributed by atoms with Crippen molar-refractivity contribution in [3.63, 3.8) is 0 Å². The molecule has 0 fully saturated rings. The molecule has 3 nitrogen and oxygen atoms in total. The maximum atomic E-state index is 11.6. The highest BCUT2D eigenvalue weighted by molar-refractivity contribution is 7.10. The van der Waals surface area contributed by atoms with Crippen LogP contribution in [0.15, 0.2) is 11.4 Å². The van der Waals surface area contributed by atoms with Gasteiger partial charge in [0.2, 0.25) is 0 Å². The summed E-state index contributed by atoms with van der Waals surface area (Å²) in [5.74, 6) is 5.68. The zero-order chi connectivity index (χ0) is 11.8. The molecular formula is C12H15NO2S. The number of amides is 1. The average Bonchev–Trinajstić information content (AvgIpc) is 2.75. The topological polar surface area (TPSA) is 49.3 Å². The van der Waals surface area contributed by atoms with E-state index in [9.17, 15) is 4.79 Å². The quantitative estimate of drug-likeness (QED) is 0.782. The number of hydrogen-bond donors (Lipinski definition) is 2. The highest BCUT2D eigenvalue weighted by Gasteiger charge is 2.06. The zero-order valence-electron chi connectivity index (χ0n) is 9.25. The van der Waals surface area contributed by atoms with Crippen LogP contribution in [0.1, 0.15) is 35.0 Å². The van der Waals surface area contributed by atoms with Crippen LogP contribution in [0.3, 0.4) is 0 Å². The van der Waals surface area contributed by atoms with Crippen molar-refractivity contribution in [3.8, 4) is 11.8 Å².